The fraction of sp³-hybridized carbons (Fsp3) is 0.611. The number of likely N-dealkylation sites (tertiary alicyclic amines) is 1. The summed E-state index contributed by atoms with van der Waals surface area (Å²) in [6, 6.07) is 10.2. The van der Waals surface area contributed by atoms with Gasteiger partial charge in [0.05, 0.1) is 0 Å². The lowest BCUT2D eigenvalue weighted by molar-refractivity contribution is -0.183. The van der Waals surface area contributed by atoms with E-state index < -0.39 is 5.60 Å². The number of piperidine rings is 1. The number of halogens is 1. The highest BCUT2D eigenvalue weighted by atomic mass is 35.5. The molecule has 124 valence electrons. The van der Waals surface area contributed by atoms with Crippen LogP contribution in [0.2, 0.25) is 0 Å². The van der Waals surface area contributed by atoms with E-state index in [0.717, 1.165) is 18.5 Å². The molecule has 1 heterocycles. The molecule has 2 rings (SSSR count). The third-order valence-corrected chi connectivity index (χ3v) is 4.92. The number of carbonyl (C=O) groups excluding carboxylic acids is 1. The fourth-order valence-electron chi connectivity index (χ4n) is 3.34. The number of esters is 1. The quantitative estimate of drug-likeness (QED) is 0.786. The molecule has 1 aliphatic heterocycles. The van der Waals surface area contributed by atoms with Crippen LogP contribution in [0.1, 0.15) is 46.1 Å². The summed E-state index contributed by atoms with van der Waals surface area (Å²) in [5, 5.41) is 0. The van der Waals surface area contributed by atoms with E-state index in [-0.39, 0.29) is 29.8 Å². The second-order valence-electron chi connectivity index (χ2n) is 6.85. The summed E-state index contributed by atoms with van der Waals surface area (Å²) in [5.74, 6) is 0.138. The Bertz CT molecular complexity index is 503. The first-order valence-corrected chi connectivity index (χ1v) is 7.80. The number of hydrogen-bond donors (Lipinski definition) is 0. The second-order valence-corrected chi connectivity index (χ2v) is 6.85. The Kier molecular flexibility index (Phi) is 6.05. The van der Waals surface area contributed by atoms with Gasteiger partial charge in [-0.25, -0.2) is 0 Å². The normalized spacial score (nSPS) is 27.8. The summed E-state index contributed by atoms with van der Waals surface area (Å²) in [6.07, 6.45) is 1.23. The molecule has 1 aliphatic rings. The molecular weight excluding hydrogens is 298 g/mol. The summed E-state index contributed by atoms with van der Waals surface area (Å²) in [7, 11) is 2.15. The van der Waals surface area contributed by atoms with Crippen molar-refractivity contribution in [3.63, 3.8) is 0 Å². The van der Waals surface area contributed by atoms with Crippen molar-refractivity contribution >= 4 is 18.4 Å². The Labute approximate surface area is 140 Å². The molecule has 1 saturated heterocycles. The highest BCUT2D eigenvalue weighted by Gasteiger charge is 2.51. The van der Waals surface area contributed by atoms with Crippen LogP contribution in [0, 0.1) is 5.92 Å². The minimum absolute atomic E-state index is 0. The van der Waals surface area contributed by atoms with Crippen molar-refractivity contribution in [3.05, 3.63) is 35.9 Å². The van der Waals surface area contributed by atoms with Crippen molar-refractivity contribution < 1.29 is 9.53 Å². The van der Waals surface area contributed by atoms with Gasteiger partial charge < -0.3 is 9.64 Å². The van der Waals surface area contributed by atoms with Gasteiger partial charge in [-0.2, -0.15) is 0 Å². The van der Waals surface area contributed by atoms with Crippen LogP contribution in [0.3, 0.4) is 0 Å². The van der Waals surface area contributed by atoms with Crippen molar-refractivity contribution in [2.24, 2.45) is 5.92 Å². The molecule has 2 unspecified atom stereocenters. The molecule has 0 amide bonds. The maximum absolute atomic E-state index is 12.1. The Balaban J connectivity index is 0.00000242. The molecule has 3 nitrogen and oxygen atoms in total. The monoisotopic (exact) mass is 325 g/mol. The lowest BCUT2D eigenvalue weighted by Crippen LogP contribution is -2.59. The highest BCUT2D eigenvalue weighted by Crippen LogP contribution is 2.46. The van der Waals surface area contributed by atoms with Gasteiger partial charge in [0.15, 0.2) is 0 Å². The van der Waals surface area contributed by atoms with Crippen LogP contribution in [0.25, 0.3) is 0 Å². The lowest BCUT2D eigenvalue weighted by atomic mass is 9.70. The van der Waals surface area contributed by atoms with Gasteiger partial charge in [-0.05, 0) is 26.5 Å². The van der Waals surface area contributed by atoms with Crippen LogP contribution >= 0.6 is 12.4 Å². The van der Waals surface area contributed by atoms with Gasteiger partial charge in [0.25, 0.3) is 0 Å². The van der Waals surface area contributed by atoms with Gasteiger partial charge in [-0.15, -0.1) is 12.4 Å². The molecule has 1 aromatic carbocycles. The second kappa shape index (κ2) is 7.01. The Hall–Kier alpha value is -1.06. The van der Waals surface area contributed by atoms with Crippen molar-refractivity contribution in [3.8, 4) is 0 Å². The van der Waals surface area contributed by atoms with E-state index in [1.807, 2.05) is 25.1 Å². The van der Waals surface area contributed by atoms with Crippen molar-refractivity contribution in [1.29, 1.82) is 0 Å². The smallest absolute Gasteiger partial charge is 0.306 e. The first kappa shape index (κ1) is 19.0. The third-order valence-electron chi connectivity index (χ3n) is 4.92. The maximum atomic E-state index is 12.1. The molecule has 1 aromatic rings. The molecule has 0 radical (unpaired) electrons. The van der Waals surface area contributed by atoms with Crippen molar-refractivity contribution in [2.45, 2.75) is 51.7 Å². The molecular formula is C18H28ClNO2. The highest BCUT2D eigenvalue weighted by molar-refractivity contribution is 5.85. The zero-order chi connectivity index (χ0) is 15.7. The zero-order valence-corrected chi connectivity index (χ0v) is 15.1. The Morgan fingerprint density at radius 3 is 2.45 bits per heavy atom. The molecule has 0 aliphatic carbocycles. The van der Waals surface area contributed by atoms with Crippen LogP contribution in [0.15, 0.2) is 30.3 Å². The lowest BCUT2D eigenvalue weighted by Gasteiger charge is -2.53. The van der Waals surface area contributed by atoms with Gasteiger partial charge in [0, 0.05) is 30.8 Å². The fourth-order valence-corrected chi connectivity index (χ4v) is 3.34. The van der Waals surface area contributed by atoms with Gasteiger partial charge in [0.2, 0.25) is 0 Å². The molecule has 0 bridgehead atoms. The minimum Gasteiger partial charge on any atom is -0.454 e. The van der Waals surface area contributed by atoms with Crippen LogP contribution < -0.4 is 0 Å². The van der Waals surface area contributed by atoms with Gasteiger partial charge in [0.1, 0.15) is 5.60 Å². The van der Waals surface area contributed by atoms with E-state index in [9.17, 15) is 4.79 Å². The van der Waals surface area contributed by atoms with Gasteiger partial charge in [-0.3, -0.25) is 4.79 Å². The standard InChI is InChI=1S/C18H27NO2.ClH/c1-6-16(20)21-18(15-10-8-7-9-11-15)13-17(3,4)19(5)12-14(18)2;/h7-11,14H,6,12-13H2,1-5H3;1H. The summed E-state index contributed by atoms with van der Waals surface area (Å²) in [6.45, 7) is 9.39. The first-order valence-electron chi connectivity index (χ1n) is 7.80. The number of hydrogen-bond acceptors (Lipinski definition) is 3. The van der Waals surface area contributed by atoms with E-state index in [1.165, 1.54) is 0 Å². The number of carbonyl (C=O) groups is 1. The Morgan fingerprint density at radius 2 is 1.91 bits per heavy atom. The third kappa shape index (κ3) is 3.47. The first-order chi connectivity index (χ1) is 9.82. The van der Waals surface area contributed by atoms with Crippen LogP contribution in [-0.2, 0) is 15.1 Å². The molecule has 0 spiro atoms. The van der Waals surface area contributed by atoms with E-state index in [1.54, 1.807) is 0 Å². The van der Waals surface area contributed by atoms with Gasteiger partial charge in [-0.1, -0.05) is 44.2 Å². The zero-order valence-electron chi connectivity index (χ0n) is 14.3. The average molecular weight is 326 g/mol. The van der Waals surface area contributed by atoms with E-state index in [4.69, 9.17) is 4.74 Å². The summed E-state index contributed by atoms with van der Waals surface area (Å²) >= 11 is 0. The number of rotatable bonds is 3. The largest absolute Gasteiger partial charge is 0.454 e. The van der Waals surface area contributed by atoms with Crippen LogP contribution in [-0.4, -0.2) is 30.0 Å². The minimum atomic E-state index is -0.523. The number of ether oxygens (including phenoxy) is 1. The predicted octanol–water partition coefficient (Wildman–Crippen LogP) is 4.01. The molecule has 4 heteroatoms. The van der Waals surface area contributed by atoms with Crippen LogP contribution in [0.4, 0.5) is 0 Å². The van der Waals surface area contributed by atoms with Gasteiger partial charge >= 0.3 is 5.97 Å². The summed E-state index contributed by atoms with van der Waals surface area (Å²) in [4.78, 5) is 14.4. The molecule has 0 aromatic heterocycles. The summed E-state index contributed by atoms with van der Waals surface area (Å²) < 4.78 is 6.04. The molecule has 0 N–H and O–H groups in total. The number of benzene rings is 1. The van der Waals surface area contributed by atoms with E-state index >= 15 is 0 Å². The maximum Gasteiger partial charge on any atom is 0.306 e. The molecule has 1 fully saturated rings. The van der Waals surface area contributed by atoms with Crippen molar-refractivity contribution in [2.75, 3.05) is 13.6 Å². The molecule has 2 atom stereocenters. The SMILES string of the molecule is CCC(=O)OC1(c2ccccc2)CC(C)(C)N(C)CC1C.Cl. The molecule has 0 saturated carbocycles. The predicted molar refractivity (Wildman–Crippen MR) is 92.2 cm³/mol. The topological polar surface area (TPSA) is 29.5 Å². The van der Waals surface area contributed by atoms with E-state index in [0.29, 0.717) is 6.42 Å². The number of nitrogens with zero attached hydrogens (tertiary/aromatic N) is 1. The Morgan fingerprint density at radius 1 is 1.32 bits per heavy atom. The van der Waals surface area contributed by atoms with E-state index in [2.05, 4.69) is 44.9 Å². The van der Waals surface area contributed by atoms with Crippen molar-refractivity contribution in [1.82, 2.24) is 4.90 Å². The summed E-state index contributed by atoms with van der Waals surface area (Å²) in [5.41, 5.74) is 0.585. The van der Waals surface area contributed by atoms with Crippen LogP contribution in [0.5, 0.6) is 0 Å². The molecule has 22 heavy (non-hydrogen) atoms. The average Bonchev–Trinajstić information content (AvgIpc) is 2.45.